The van der Waals surface area contributed by atoms with Crippen molar-refractivity contribution in [3.63, 3.8) is 0 Å². The lowest BCUT2D eigenvalue weighted by Gasteiger charge is -2.41. The first kappa shape index (κ1) is 14.9. The number of rotatable bonds is 6. The average Bonchev–Trinajstić information content (AvgIpc) is 2.38. The van der Waals surface area contributed by atoms with E-state index in [1.54, 1.807) is 0 Å². The summed E-state index contributed by atoms with van der Waals surface area (Å²) in [5.41, 5.74) is -0.163. The fourth-order valence-electron chi connectivity index (χ4n) is 2.40. The zero-order chi connectivity index (χ0) is 12.9. The van der Waals surface area contributed by atoms with Gasteiger partial charge in [-0.2, -0.15) is 0 Å². The summed E-state index contributed by atoms with van der Waals surface area (Å²) in [5, 5.41) is 22.6. The Hall–Kier alpha value is -0.120. The number of hydrogen-bond donors (Lipinski definition) is 3. The van der Waals surface area contributed by atoms with Crippen LogP contribution in [0.3, 0.4) is 0 Å². The first-order valence-electron chi connectivity index (χ1n) is 6.96. The van der Waals surface area contributed by atoms with Gasteiger partial charge < -0.3 is 15.5 Å². The standard InChI is InChI=1S/C14H29NO2/c1-4-13(3,10-16)9-15-14(11-17)7-5-12(2)6-8-14/h12,15-17H,4-11H2,1-3H3. The molecule has 0 aromatic heterocycles. The number of aliphatic hydroxyl groups is 2. The quantitative estimate of drug-likeness (QED) is 0.668. The highest BCUT2D eigenvalue weighted by molar-refractivity contribution is 4.93. The Kier molecular flexibility index (Phi) is 5.42. The van der Waals surface area contributed by atoms with Crippen molar-refractivity contribution in [2.45, 2.75) is 58.4 Å². The smallest absolute Gasteiger partial charge is 0.0613 e. The maximum absolute atomic E-state index is 9.65. The van der Waals surface area contributed by atoms with Crippen LogP contribution in [-0.2, 0) is 0 Å². The van der Waals surface area contributed by atoms with Crippen molar-refractivity contribution in [1.29, 1.82) is 0 Å². The molecule has 102 valence electrons. The molecule has 0 heterocycles. The lowest BCUT2D eigenvalue weighted by atomic mass is 9.76. The predicted molar refractivity (Wildman–Crippen MR) is 70.9 cm³/mol. The van der Waals surface area contributed by atoms with Gasteiger partial charge in [-0.05, 0) is 38.0 Å². The van der Waals surface area contributed by atoms with Gasteiger partial charge in [0, 0.05) is 24.1 Å². The Morgan fingerprint density at radius 1 is 1.29 bits per heavy atom. The Morgan fingerprint density at radius 3 is 2.29 bits per heavy atom. The van der Waals surface area contributed by atoms with E-state index >= 15 is 0 Å². The minimum absolute atomic E-state index is 0.0643. The molecule has 1 atom stereocenters. The van der Waals surface area contributed by atoms with E-state index in [-0.39, 0.29) is 24.2 Å². The van der Waals surface area contributed by atoms with Crippen molar-refractivity contribution in [3.8, 4) is 0 Å². The molecule has 1 saturated carbocycles. The highest BCUT2D eigenvalue weighted by Gasteiger charge is 2.35. The predicted octanol–water partition coefficient (Wildman–Crippen LogP) is 1.93. The molecule has 0 spiro atoms. The Morgan fingerprint density at radius 2 is 1.88 bits per heavy atom. The van der Waals surface area contributed by atoms with Crippen LogP contribution in [0.1, 0.15) is 52.9 Å². The van der Waals surface area contributed by atoms with Crippen LogP contribution >= 0.6 is 0 Å². The van der Waals surface area contributed by atoms with Gasteiger partial charge in [0.15, 0.2) is 0 Å². The van der Waals surface area contributed by atoms with Crippen LogP contribution in [0.2, 0.25) is 0 Å². The third kappa shape index (κ3) is 3.94. The van der Waals surface area contributed by atoms with Gasteiger partial charge in [0.25, 0.3) is 0 Å². The normalized spacial score (nSPS) is 33.4. The van der Waals surface area contributed by atoms with Gasteiger partial charge in [0.05, 0.1) is 6.61 Å². The topological polar surface area (TPSA) is 52.5 Å². The van der Waals surface area contributed by atoms with E-state index in [0.717, 1.165) is 31.7 Å². The highest BCUT2D eigenvalue weighted by Crippen LogP contribution is 2.32. The van der Waals surface area contributed by atoms with E-state index in [9.17, 15) is 10.2 Å². The molecule has 0 radical (unpaired) electrons. The van der Waals surface area contributed by atoms with Crippen molar-refractivity contribution in [2.75, 3.05) is 19.8 Å². The van der Waals surface area contributed by atoms with Gasteiger partial charge in [0.2, 0.25) is 0 Å². The van der Waals surface area contributed by atoms with Crippen LogP contribution in [0, 0.1) is 11.3 Å². The molecule has 1 rings (SSSR count). The summed E-state index contributed by atoms with van der Waals surface area (Å²) in [6.45, 7) is 7.68. The summed E-state index contributed by atoms with van der Waals surface area (Å²) in [7, 11) is 0. The molecule has 17 heavy (non-hydrogen) atoms. The van der Waals surface area contributed by atoms with Gasteiger partial charge in [-0.25, -0.2) is 0 Å². The lowest BCUT2D eigenvalue weighted by Crippen LogP contribution is -2.54. The van der Waals surface area contributed by atoms with Crippen LogP contribution in [0.5, 0.6) is 0 Å². The number of aliphatic hydroxyl groups excluding tert-OH is 2. The van der Waals surface area contributed by atoms with Crippen molar-refractivity contribution < 1.29 is 10.2 Å². The van der Waals surface area contributed by atoms with Crippen molar-refractivity contribution in [1.82, 2.24) is 5.32 Å². The molecule has 0 bridgehead atoms. The van der Waals surface area contributed by atoms with Crippen molar-refractivity contribution >= 4 is 0 Å². The summed E-state index contributed by atoms with van der Waals surface area (Å²) in [5.74, 6) is 0.784. The van der Waals surface area contributed by atoms with E-state index in [2.05, 4.69) is 26.1 Å². The second-order valence-electron chi connectivity index (χ2n) is 6.30. The van der Waals surface area contributed by atoms with E-state index in [0.29, 0.717) is 0 Å². The van der Waals surface area contributed by atoms with Gasteiger partial charge in [-0.15, -0.1) is 0 Å². The molecule has 3 nitrogen and oxygen atoms in total. The molecule has 0 aromatic carbocycles. The molecule has 0 aromatic rings. The van der Waals surface area contributed by atoms with Crippen molar-refractivity contribution in [3.05, 3.63) is 0 Å². The van der Waals surface area contributed by atoms with E-state index < -0.39 is 0 Å². The molecule has 0 saturated heterocycles. The highest BCUT2D eigenvalue weighted by atomic mass is 16.3. The fraction of sp³-hybridized carbons (Fsp3) is 1.00. The minimum Gasteiger partial charge on any atom is -0.396 e. The third-order valence-electron chi connectivity index (χ3n) is 4.66. The minimum atomic E-state index is -0.0991. The van der Waals surface area contributed by atoms with Crippen LogP contribution < -0.4 is 5.32 Å². The largest absolute Gasteiger partial charge is 0.396 e. The van der Waals surface area contributed by atoms with Gasteiger partial charge in [-0.1, -0.05) is 20.8 Å². The van der Waals surface area contributed by atoms with Crippen LogP contribution in [0.25, 0.3) is 0 Å². The van der Waals surface area contributed by atoms with E-state index in [4.69, 9.17) is 0 Å². The summed E-state index contributed by atoms with van der Waals surface area (Å²) in [6, 6.07) is 0. The Labute approximate surface area is 106 Å². The maximum atomic E-state index is 9.65. The van der Waals surface area contributed by atoms with E-state index in [1.165, 1.54) is 12.8 Å². The number of hydrogen-bond acceptors (Lipinski definition) is 3. The second-order valence-corrected chi connectivity index (χ2v) is 6.30. The zero-order valence-corrected chi connectivity index (χ0v) is 11.6. The maximum Gasteiger partial charge on any atom is 0.0613 e. The molecule has 3 heteroatoms. The van der Waals surface area contributed by atoms with Gasteiger partial charge >= 0.3 is 0 Å². The molecule has 0 amide bonds. The fourth-order valence-corrected chi connectivity index (χ4v) is 2.40. The van der Waals surface area contributed by atoms with E-state index in [1.807, 2.05) is 0 Å². The molecule has 1 fully saturated rings. The second kappa shape index (κ2) is 6.17. The monoisotopic (exact) mass is 243 g/mol. The summed E-state index contributed by atoms with van der Waals surface area (Å²) in [6.07, 6.45) is 5.44. The first-order chi connectivity index (χ1) is 7.99. The number of nitrogens with one attached hydrogen (secondary N) is 1. The van der Waals surface area contributed by atoms with Crippen molar-refractivity contribution in [2.24, 2.45) is 11.3 Å². The molecular formula is C14H29NO2. The molecule has 0 aliphatic heterocycles. The molecule has 1 aliphatic carbocycles. The summed E-state index contributed by atoms with van der Waals surface area (Å²) in [4.78, 5) is 0. The summed E-state index contributed by atoms with van der Waals surface area (Å²) >= 11 is 0. The Balaban J connectivity index is 2.52. The third-order valence-corrected chi connectivity index (χ3v) is 4.66. The Bertz CT molecular complexity index is 218. The molecule has 3 N–H and O–H groups in total. The molecule has 1 unspecified atom stereocenters. The van der Waals surface area contributed by atoms with Crippen LogP contribution in [0.4, 0.5) is 0 Å². The average molecular weight is 243 g/mol. The summed E-state index contributed by atoms with van der Waals surface area (Å²) < 4.78 is 0. The van der Waals surface area contributed by atoms with Crippen LogP contribution in [-0.4, -0.2) is 35.5 Å². The van der Waals surface area contributed by atoms with Crippen LogP contribution in [0.15, 0.2) is 0 Å². The zero-order valence-electron chi connectivity index (χ0n) is 11.6. The first-order valence-corrected chi connectivity index (χ1v) is 6.96. The van der Waals surface area contributed by atoms with Gasteiger partial charge in [0.1, 0.15) is 0 Å². The van der Waals surface area contributed by atoms with Gasteiger partial charge in [-0.3, -0.25) is 0 Å². The molecular weight excluding hydrogens is 214 g/mol. The molecule has 1 aliphatic rings. The SMILES string of the molecule is CCC(C)(CO)CNC1(CO)CCC(C)CC1. The lowest BCUT2D eigenvalue weighted by molar-refractivity contribution is 0.0728.